The van der Waals surface area contributed by atoms with Gasteiger partial charge in [0.15, 0.2) is 0 Å². The van der Waals surface area contributed by atoms with Gasteiger partial charge in [0.1, 0.15) is 17.3 Å². The summed E-state index contributed by atoms with van der Waals surface area (Å²) < 4.78 is 10.6. The second kappa shape index (κ2) is 9.23. The van der Waals surface area contributed by atoms with Gasteiger partial charge in [-0.25, -0.2) is 0 Å². The molecule has 0 bridgehead atoms. The minimum Gasteiger partial charge on any atom is -0.507 e. The van der Waals surface area contributed by atoms with Crippen molar-refractivity contribution >= 4 is 34.7 Å². The van der Waals surface area contributed by atoms with Gasteiger partial charge in [-0.05, 0) is 61.4 Å². The minimum absolute atomic E-state index is 0.0456. The van der Waals surface area contributed by atoms with Crippen LogP contribution in [-0.2, 0) is 9.59 Å². The lowest BCUT2D eigenvalue weighted by Gasteiger charge is -2.27. The van der Waals surface area contributed by atoms with Crippen LogP contribution >= 0.6 is 11.6 Å². The van der Waals surface area contributed by atoms with E-state index < -0.39 is 17.7 Å². The Bertz CT molecular complexity index is 1310. The van der Waals surface area contributed by atoms with E-state index in [1.807, 2.05) is 32.0 Å². The van der Waals surface area contributed by atoms with Crippen LogP contribution in [0, 0.1) is 13.8 Å². The Balaban J connectivity index is 1.99. The fourth-order valence-electron chi connectivity index (χ4n) is 4.27. The van der Waals surface area contributed by atoms with E-state index in [-0.39, 0.29) is 16.9 Å². The van der Waals surface area contributed by atoms with Crippen molar-refractivity contribution < 1.29 is 24.2 Å². The molecular formula is C27H24ClNO5. The number of anilines is 1. The molecule has 0 spiro atoms. The van der Waals surface area contributed by atoms with E-state index in [0.717, 1.165) is 11.1 Å². The Morgan fingerprint density at radius 2 is 1.65 bits per heavy atom. The summed E-state index contributed by atoms with van der Waals surface area (Å²) in [6.07, 6.45) is 0. The van der Waals surface area contributed by atoms with Crippen LogP contribution in [0.1, 0.15) is 28.3 Å². The molecule has 1 unspecified atom stereocenters. The third-order valence-electron chi connectivity index (χ3n) is 5.90. The van der Waals surface area contributed by atoms with Gasteiger partial charge in [-0.1, -0.05) is 41.4 Å². The molecule has 174 valence electrons. The molecule has 0 radical (unpaired) electrons. The Hall–Kier alpha value is -3.77. The highest BCUT2D eigenvalue weighted by atomic mass is 35.5. The SMILES string of the molecule is COc1ccc(C2/C(=C(\O)c3cc(Cl)ccc3OC)C(=O)C(=O)N2c2ccc(C)cc2C)cc1. The molecule has 7 heteroatoms. The number of aliphatic hydroxyl groups is 1. The van der Waals surface area contributed by atoms with Gasteiger partial charge < -0.3 is 14.6 Å². The molecule has 0 aliphatic carbocycles. The number of ketones is 1. The summed E-state index contributed by atoms with van der Waals surface area (Å²) in [5.41, 5.74) is 3.28. The molecule has 1 saturated heterocycles. The number of carbonyl (C=O) groups is 2. The van der Waals surface area contributed by atoms with Gasteiger partial charge in [-0.15, -0.1) is 0 Å². The van der Waals surface area contributed by atoms with Crippen molar-refractivity contribution in [2.45, 2.75) is 19.9 Å². The number of Topliss-reactive ketones (excluding diaryl/α,β-unsaturated/α-hetero) is 1. The smallest absolute Gasteiger partial charge is 0.300 e. The molecule has 0 saturated carbocycles. The molecule has 1 N–H and O–H groups in total. The summed E-state index contributed by atoms with van der Waals surface area (Å²) in [7, 11) is 3.01. The zero-order chi connectivity index (χ0) is 24.6. The van der Waals surface area contributed by atoms with E-state index in [1.165, 1.54) is 18.1 Å². The molecule has 3 aromatic rings. The second-order valence-electron chi connectivity index (χ2n) is 8.08. The van der Waals surface area contributed by atoms with E-state index in [9.17, 15) is 14.7 Å². The third kappa shape index (κ3) is 4.01. The van der Waals surface area contributed by atoms with Crippen molar-refractivity contribution in [3.63, 3.8) is 0 Å². The lowest BCUT2D eigenvalue weighted by Crippen LogP contribution is -2.30. The van der Waals surface area contributed by atoms with Crippen molar-refractivity contribution in [3.05, 3.63) is 93.5 Å². The number of aryl methyl sites for hydroxylation is 2. The number of ether oxygens (including phenoxy) is 2. The lowest BCUT2D eigenvalue weighted by molar-refractivity contribution is -0.132. The molecule has 1 atom stereocenters. The number of rotatable bonds is 5. The second-order valence-corrected chi connectivity index (χ2v) is 8.51. The summed E-state index contributed by atoms with van der Waals surface area (Å²) >= 11 is 6.17. The van der Waals surface area contributed by atoms with Crippen LogP contribution in [0.3, 0.4) is 0 Å². The number of carbonyl (C=O) groups excluding carboxylic acids is 2. The van der Waals surface area contributed by atoms with Gasteiger partial charge in [-0.3, -0.25) is 14.5 Å². The van der Waals surface area contributed by atoms with Gasteiger partial charge in [-0.2, -0.15) is 0 Å². The highest BCUT2D eigenvalue weighted by Gasteiger charge is 2.47. The fourth-order valence-corrected chi connectivity index (χ4v) is 4.44. The highest BCUT2D eigenvalue weighted by molar-refractivity contribution is 6.51. The van der Waals surface area contributed by atoms with Crippen molar-refractivity contribution in [1.82, 2.24) is 0 Å². The maximum atomic E-state index is 13.4. The molecule has 3 aromatic carbocycles. The summed E-state index contributed by atoms with van der Waals surface area (Å²) in [4.78, 5) is 28.2. The number of halogens is 1. The molecule has 6 nitrogen and oxygen atoms in total. The number of amides is 1. The van der Waals surface area contributed by atoms with Crippen LogP contribution in [0.15, 0.2) is 66.2 Å². The van der Waals surface area contributed by atoms with Crippen LogP contribution in [0.2, 0.25) is 5.02 Å². The molecule has 1 aliphatic rings. The number of benzene rings is 3. The first kappa shape index (κ1) is 23.4. The first-order valence-corrected chi connectivity index (χ1v) is 11.0. The molecule has 1 fully saturated rings. The monoisotopic (exact) mass is 477 g/mol. The van der Waals surface area contributed by atoms with E-state index >= 15 is 0 Å². The molecule has 0 aromatic heterocycles. The third-order valence-corrected chi connectivity index (χ3v) is 6.14. The normalized spacial score (nSPS) is 17.2. The number of aliphatic hydroxyl groups excluding tert-OH is 1. The van der Waals surface area contributed by atoms with Crippen LogP contribution < -0.4 is 14.4 Å². The molecule has 1 aliphatic heterocycles. The summed E-state index contributed by atoms with van der Waals surface area (Å²) in [6.45, 7) is 3.84. The zero-order valence-electron chi connectivity index (χ0n) is 19.3. The van der Waals surface area contributed by atoms with Gasteiger partial charge in [0, 0.05) is 10.7 Å². The van der Waals surface area contributed by atoms with Crippen molar-refractivity contribution in [2.75, 3.05) is 19.1 Å². The molecule has 1 amide bonds. The zero-order valence-corrected chi connectivity index (χ0v) is 20.0. The van der Waals surface area contributed by atoms with Crippen LogP contribution in [0.5, 0.6) is 11.5 Å². The maximum absolute atomic E-state index is 13.4. The Kier molecular flexibility index (Phi) is 6.35. The van der Waals surface area contributed by atoms with Gasteiger partial charge in [0.05, 0.1) is 31.4 Å². The molecule has 4 rings (SSSR count). The van der Waals surface area contributed by atoms with Gasteiger partial charge in [0.25, 0.3) is 11.7 Å². The van der Waals surface area contributed by atoms with Crippen LogP contribution in [-0.4, -0.2) is 31.0 Å². The van der Waals surface area contributed by atoms with E-state index in [1.54, 1.807) is 43.5 Å². The maximum Gasteiger partial charge on any atom is 0.300 e. The average Bonchev–Trinajstić information content (AvgIpc) is 3.09. The van der Waals surface area contributed by atoms with Crippen molar-refractivity contribution in [1.29, 1.82) is 0 Å². The summed E-state index contributed by atoms with van der Waals surface area (Å²) in [5, 5.41) is 11.7. The van der Waals surface area contributed by atoms with Crippen LogP contribution in [0.4, 0.5) is 5.69 Å². The number of methoxy groups -OCH3 is 2. The fraction of sp³-hybridized carbons (Fsp3) is 0.185. The number of nitrogens with zero attached hydrogens (tertiary/aromatic N) is 1. The predicted octanol–water partition coefficient (Wildman–Crippen LogP) is 5.60. The van der Waals surface area contributed by atoms with E-state index in [0.29, 0.717) is 27.8 Å². The minimum atomic E-state index is -0.865. The first-order chi connectivity index (χ1) is 16.3. The number of hydrogen-bond donors (Lipinski definition) is 1. The summed E-state index contributed by atoms with van der Waals surface area (Å²) in [6, 6.07) is 16.5. The standard InChI is InChI=1S/C27H24ClNO5/c1-15-5-11-21(16(2)13-15)29-24(17-6-9-19(33-3)10-7-17)23(26(31)27(29)32)25(30)20-14-18(28)8-12-22(20)34-4/h5-14,24,30H,1-4H3/b25-23+. The largest absolute Gasteiger partial charge is 0.507 e. The predicted molar refractivity (Wildman–Crippen MR) is 132 cm³/mol. The summed E-state index contributed by atoms with van der Waals surface area (Å²) in [5.74, 6) is -0.918. The van der Waals surface area contributed by atoms with Gasteiger partial charge >= 0.3 is 0 Å². The van der Waals surface area contributed by atoms with Crippen LogP contribution in [0.25, 0.3) is 5.76 Å². The molecular weight excluding hydrogens is 454 g/mol. The van der Waals surface area contributed by atoms with Gasteiger partial charge in [0.2, 0.25) is 0 Å². The topological polar surface area (TPSA) is 76.1 Å². The quantitative estimate of drug-likeness (QED) is 0.294. The Morgan fingerprint density at radius 1 is 0.941 bits per heavy atom. The lowest BCUT2D eigenvalue weighted by atomic mass is 9.94. The van der Waals surface area contributed by atoms with E-state index in [2.05, 4.69) is 0 Å². The molecule has 34 heavy (non-hydrogen) atoms. The molecule has 1 heterocycles. The van der Waals surface area contributed by atoms with Crippen molar-refractivity contribution in [3.8, 4) is 11.5 Å². The highest BCUT2D eigenvalue weighted by Crippen LogP contribution is 2.44. The van der Waals surface area contributed by atoms with Crippen molar-refractivity contribution in [2.24, 2.45) is 0 Å². The average molecular weight is 478 g/mol. The Morgan fingerprint density at radius 3 is 2.26 bits per heavy atom. The first-order valence-electron chi connectivity index (χ1n) is 10.6. The Labute approximate surface area is 203 Å². The number of hydrogen-bond acceptors (Lipinski definition) is 5. The van der Waals surface area contributed by atoms with E-state index in [4.69, 9.17) is 21.1 Å².